The van der Waals surface area contributed by atoms with E-state index < -0.39 is 0 Å². The van der Waals surface area contributed by atoms with Gasteiger partial charge in [-0.05, 0) is 6.26 Å². The number of likely N-dealkylation sites (N-methyl/N-ethyl adjacent to an activating group) is 1. The Morgan fingerprint density at radius 3 is 2.75 bits per heavy atom. The molecule has 0 fully saturated rings. The van der Waals surface area contributed by atoms with E-state index in [1.807, 2.05) is 11.8 Å². The lowest BCUT2D eigenvalue weighted by atomic mass is 10.2. The number of rotatable bonds is 2. The molecule has 4 heteroatoms. The molecule has 1 aliphatic rings. The molecular formula is C8H16INOS. The fraction of sp³-hybridized carbons (Fsp3) is 0.875. The quantitative estimate of drug-likeness (QED) is 0.441. The average Bonchev–Trinajstić information content (AvgIpc) is 2.34. The maximum Gasteiger partial charge on any atom is 0.210 e. The summed E-state index contributed by atoms with van der Waals surface area (Å²) in [6.07, 6.45) is 4.62. The summed E-state index contributed by atoms with van der Waals surface area (Å²) in [5.74, 6) is 0. The molecule has 0 aromatic carbocycles. The summed E-state index contributed by atoms with van der Waals surface area (Å²) in [7, 11) is 3.92. The smallest absolute Gasteiger partial charge is 0.210 e. The van der Waals surface area contributed by atoms with Crippen molar-refractivity contribution in [2.75, 3.05) is 27.0 Å². The van der Waals surface area contributed by atoms with Crippen LogP contribution in [0, 0.1) is 0 Å². The van der Waals surface area contributed by atoms with Gasteiger partial charge in [0.1, 0.15) is 13.7 Å². The molecule has 0 saturated heterocycles. The molecule has 0 unspecified atom stereocenters. The first-order chi connectivity index (χ1) is 5.29. The van der Waals surface area contributed by atoms with E-state index in [1.54, 1.807) is 7.11 Å². The van der Waals surface area contributed by atoms with Gasteiger partial charge in [0.05, 0.1) is 0 Å². The Morgan fingerprint density at radius 2 is 2.33 bits per heavy atom. The van der Waals surface area contributed by atoms with E-state index in [9.17, 15) is 0 Å². The molecule has 0 radical (unpaired) electrons. The van der Waals surface area contributed by atoms with Gasteiger partial charge in [-0.3, -0.25) is 0 Å². The summed E-state index contributed by atoms with van der Waals surface area (Å²) in [6, 6.07) is 0.613. The van der Waals surface area contributed by atoms with Gasteiger partial charge in [0.15, 0.2) is 6.04 Å². The van der Waals surface area contributed by atoms with Crippen LogP contribution in [0.1, 0.15) is 12.8 Å². The second-order valence-electron chi connectivity index (χ2n) is 2.86. The summed E-state index contributed by atoms with van der Waals surface area (Å²) < 4.78 is 7.47. The fourth-order valence-corrected chi connectivity index (χ4v) is 2.26. The molecule has 12 heavy (non-hydrogen) atoms. The molecule has 0 N–H and O–H groups in total. The van der Waals surface area contributed by atoms with Crippen LogP contribution in [0.25, 0.3) is 0 Å². The van der Waals surface area contributed by atoms with Crippen LogP contribution >= 0.6 is 11.8 Å². The Bertz CT molecular complexity index is 172. The Balaban J connectivity index is 0.00000121. The van der Waals surface area contributed by atoms with Crippen LogP contribution < -0.4 is 24.0 Å². The summed E-state index contributed by atoms with van der Waals surface area (Å²) in [5.41, 5.74) is 0. The van der Waals surface area contributed by atoms with Gasteiger partial charge in [-0.25, -0.2) is 4.58 Å². The van der Waals surface area contributed by atoms with Gasteiger partial charge in [0, 0.05) is 20.0 Å². The Kier molecular flexibility index (Phi) is 6.57. The zero-order valence-electron chi connectivity index (χ0n) is 7.84. The number of hydrogen-bond donors (Lipinski definition) is 0. The van der Waals surface area contributed by atoms with Gasteiger partial charge < -0.3 is 28.7 Å². The van der Waals surface area contributed by atoms with E-state index in [2.05, 4.69) is 17.9 Å². The average molecular weight is 301 g/mol. The van der Waals surface area contributed by atoms with Crippen molar-refractivity contribution in [2.24, 2.45) is 0 Å². The van der Waals surface area contributed by atoms with Crippen molar-refractivity contribution in [1.82, 2.24) is 0 Å². The molecule has 0 saturated carbocycles. The van der Waals surface area contributed by atoms with E-state index in [4.69, 9.17) is 4.74 Å². The molecule has 1 aliphatic heterocycles. The first kappa shape index (κ1) is 12.7. The zero-order chi connectivity index (χ0) is 8.27. The van der Waals surface area contributed by atoms with Crippen LogP contribution in [-0.4, -0.2) is 42.7 Å². The van der Waals surface area contributed by atoms with E-state index >= 15 is 0 Å². The number of nitrogens with zero attached hydrogens (tertiary/aromatic N) is 1. The minimum absolute atomic E-state index is 0. The SMILES string of the molecule is COC[C@H]1CCC(SC)=[N+]1C.[I-]. The molecule has 0 aromatic heterocycles. The maximum absolute atomic E-state index is 5.12. The third-order valence-electron chi connectivity index (χ3n) is 2.23. The van der Waals surface area contributed by atoms with Crippen molar-refractivity contribution in [2.45, 2.75) is 18.9 Å². The minimum atomic E-state index is 0. The molecular weight excluding hydrogens is 285 g/mol. The monoisotopic (exact) mass is 301 g/mol. The molecule has 1 atom stereocenters. The van der Waals surface area contributed by atoms with Crippen LogP contribution in [0.2, 0.25) is 0 Å². The van der Waals surface area contributed by atoms with E-state index in [0.717, 1.165) is 6.61 Å². The van der Waals surface area contributed by atoms with Gasteiger partial charge in [-0.15, -0.1) is 0 Å². The third-order valence-corrected chi connectivity index (χ3v) is 3.19. The van der Waals surface area contributed by atoms with Crippen molar-refractivity contribution in [3.63, 3.8) is 0 Å². The molecule has 0 amide bonds. The standard InChI is InChI=1S/C8H16NOS.HI/c1-9-7(6-10-2)4-5-8(9)11-3;/h7H,4-6H2,1-3H3;1H/q+1;/p-1/t7-;/m1./s1. The largest absolute Gasteiger partial charge is 1.00 e. The highest BCUT2D eigenvalue weighted by molar-refractivity contribution is 8.13. The van der Waals surface area contributed by atoms with Crippen LogP contribution in [0.3, 0.4) is 0 Å². The van der Waals surface area contributed by atoms with Crippen molar-refractivity contribution in [3.05, 3.63) is 0 Å². The Hall–Kier alpha value is 0.710. The predicted molar refractivity (Wildman–Crippen MR) is 49.6 cm³/mol. The molecule has 1 rings (SSSR count). The first-order valence-corrected chi connectivity index (χ1v) is 5.13. The second-order valence-corrected chi connectivity index (χ2v) is 3.74. The van der Waals surface area contributed by atoms with Gasteiger partial charge in [-0.2, -0.15) is 0 Å². The summed E-state index contributed by atoms with van der Waals surface area (Å²) in [5, 5.41) is 1.49. The number of ether oxygens (including phenoxy) is 1. The van der Waals surface area contributed by atoms with Gasteiger partial charge in [0.2, 0.25) is 5.04 Å². The summed E-state index contributed by atoms with van der Waals surface area (Å²) in [6.45, 7) is 0.862. The Labute approximate surface area is 95.8 Å². The highest BCUT2D eigenvalue weighted by atomic mass is 127. The van der Waals surface area contributed by atoms with Crippen molar-refractivity contribution in [1.29, 1.82) is 0 Å². The van der Waals surface area contributed by atoms with Crippen LogP contribution in [-0.2, 0) is 4.74 Å². The van der Waals surface area contributed by atoms with Gasteiger partial charge in [-0.1, -0.05) is 11.8 Å². The topological polar surface area (TPSA) is 12.2 Å². The first-order valence-electron chi connectivity index (χ1n) is 3.91. The number of halogens is 1. The normalized spacial score (nSPS) is 22.8. The Morgan fingerprint density at radius 1 is 1.67 bits per heavy atom. The van der Waals surface area contributed by atoms with E-state index in [0.29, 0.717) is 6.04 Å². The van der Waals surface area contributed by atoms with Crippen molar-refractivity contribution in [3.8, 4) is 0 Å². The lowest BCUT2D eigenvalue weighted by Gasteiger charge is -2.04. The zero-order valence-corrected chi connectivity index (χ0v) is 10.8. The fourth-order valence-electron chi connectivity index (χ4n) is 1.50. The van der Waals surface area contributed by atoms with Crippen molar-refractivity contribution >= 4 is 16.8 Å². The van der Waals surface area contributed by atoms with Crippen LogP contribution in [0.4, 0.5) is 0 Å². The number of thioether (sulfide) groups is 1. The molecule has 1 heterocycles. The van der Waals surface area contributed by atoms with Gasteiger partial charge >= 0.3 is 0 Å². The summed E-state index contributed by atoms with van der Waals surface area (Å²) in [4.78, 5) is 0. The molecule has 0 bridgehead atoms. The lowest BCUT2D eigenvalue weighted by molar-refractivity contribution is -0.530. The second kappa shape index (κ2) is 6.21. The van der Waals surface area contributed by atoms with Crippen molar-refractivity contribution < 1.29 is 33.3 Å². The van der Waals surface area contributed by atoms with Gasteiger partial charge in [0.25, 0.3) is 0 Å². The van der Waals surface area contributed by atoms with Crippen LogP contribution in [0.5, 0.6) is 0 Å². The number of methoxy groups -OCH3 is 1. The third kappa shape index (κ3) is 2.88. The summed E-state index contributed by atoms with van der Waals surface area (Å²) >= 11 is 1.86. The molecule has 72 valence electrons. The maximum atomic E-state index is 5.12. The molecule has 0 aliphatic carbocycles. The molecule has 0 aromatic rings. The lowest BCUT2D eigenvalue weighted by Crippen LogP contribution is -3.00. The highest BCUT2D eigenvalue weighted by Crippen LogP contribution is 2.17. The predicted octanol–water partition coefficient (Wildman–Crippen LogP) is -1.80. The number of hydrogen-bond acceptors (Lipinski definition) is 2. The van der Waals surface area contributed by atoms with E-state index in [-0.39, 0.29) is 24.0 Å². The highest BCUT2D eigenvalue weighted by Gasteiger charge is 2.28. The molecule has 0 spiro atoms. The minimum Gasteiger partial charge on any atom is -1.00 e. The van der Waals surface area contributed by atoms with E-state index in [1.165, 1.54) is 17.9 Å². The van der Waals surface area contributed by atoms with Crippen LogP contribution in [0.15, 0.2) is 0 Å². The molecule has 2 nitrogen and oxygen atoms in total.